The number of aromatic nitrogens is 1. The Morgan fingerprint density at radius 3 is 2.82 bits per heavy atom. The second-order valence-electron chi connectivity index (χ2n) is 4.73. The number of hydrogen-bond donors (Lipinski definition) is 3. The van der Waals surface area contributed by atoms with Crippen molar-refractivity contribution in [2.75, 3.05) is 17.7 Å². The Bertz CT molecular complexity index is 794. The smallest absolute Gasteiger partial charge is 0.319 e. The number of carbonyl (C=O) groups is 1. The number of anilines is 2. The van der Waals surface area contributed by atoms with E-state index in [0.717, 1.165) is 27.3 Å². The highest BCUT2D eigenvalue weighted by Crippen LogP contribution is 2.22. The molecule has 5 nitrogen and oxygen atoms in total. The van der Waals surface area contributed by atoms with Gasteiger partial charge in [0.1, 0.15) is 0 Å². The summed E-state index contributed by atoms with van der Waals surface area (Å²) in [5, 5.41) is 13.6. The molecule has 0 atom stereocenters. The largest absolute Gasteiger partial charge is 0.365 e. The van der Waals surface area contributed by atoms with Gasteiger partial charge in [-0.15, -0.1) is 11.3 Å². The highest BCUT2D eigenvalue weighted by atomic mass is 32.1. The van der Waals surface area contributed by atoms with Gasteiger partial charge in [-0.05, 0) is 11.5 Å². The van der Waals surface area contributed by atoms with E-state index >= 15 is 0 Å². The molecular weight excluding hydrogens is 296 g/mol. The van der Waals surface area contributed by atoms with Gasteiger partial charge >= 0.3 is 6.03 Å². The zero-order chi connectivity index (χ0) is 15.4. The number of fused-ring (bicyclic) bond motifs is 1. The lowest BCUT2D eigenvalue weighted by molar-refractivity contribution is 0.251. The fourth-order valence-corrected chi connectivity index (χ4v) is 2.85. The Hall–Kier alpha value is -2.60. The number of amides is 2. The van der Waals surface area contributed by atoms with Gasteiger partial charge in [0.15, 0.2) is 5.13 Å². The predicted octanol–water partition coefficient (Wildman–Crippen LogP) is 3.66. The first-order valence-electron chi connectivity index (χ1n) is 6.91. The number of hydrogen-bond acceptors (Lipinski definition) is 4. The van der Waals surface area contributed by atoms with Crippen molar-refractivity contribution in [3.05, 3.63) is 53.5 Å². The van der Waals surface area contributed by atoms with Crippen LogP contribution in [0.3, 0.4) is 0 Å². The van der Waals surface area contributed by atoms with E-state index in [4.69, 9.17) is 0 Å². The maximum atomic E-state index is 12.0. The van der Waals surface area contributed by atoms with E-state index in [0.29, 0.717) is 6.54 Å². The van der Waals surface area contributed by atoms with Crippen molar-refractivity contribution in [1.29, 1.82) is 0 Å². The molecule has 2 aromatic carbocycles. The Balaban J connectivity index is 1.65. The normalized spacial score (nSPS) is 10.4. The molecule has 0 bridgehead atoms. The third-order valence-electron chi connectivity index (χ3n) is 3.23. The van der Waals surface area contributed by atoms with Crippen LogP contribution >= 0.6 is 11.3 Å². The fraction of sp³-hybridized carbons (Fsp3) is 0.125. The number of benzene rings is 2. The summed E-state index contributed by atoms with van der Waals surface area (Å²) in [6.07, 6.45) is 0. The maximum absolute atomic E-state index is 12.0. The van der Waals surface area contributed by atoms with Crippen LogP contribution < -0.4 is 16.0 Å². The average molecular weight is 312 g/mol. The number of rotatable bonds is 4. The van der Waals surface area contributed by atoms with Crippen LogP contribution in [0.25, 0.3) is 10.8 Å². The minimum absolute atomic E-state index is 0.240. The number of thiazole rings is 1. The third kappa shape index (κ3) is 3.17. The Morgan fingerprint density at radius 1 is 1.18 bits per heavy atom. The lowest BCUT2D eigenvalue weighted by atomic mass is 10.1. The van der Waals surface area contributed by atoms with E-state index in [1.807, 2.05) is 54.9 Å². The molecule has 0 fully saturated rings. The van der Waals surface area contributed by atoms with Crippen LogP contribution in [0, 0.1) is 0 Å². The molecule has 0 saturated heterocycles. The van der Waals surface area contributed by atoms with Crippen LogP contribution in [0.4, 0.5) is 15.6 Å². The second kappa shape index (κ2) is 6.44. The maximum Gasteiger partial charge on any atom is 0.319 e. The van der Waals surface area contributed by atoms with Gasteiger partial charge in [-0.2, -0.15) is 0 Å². The summed E-state index contributed by atoms with van der Waals surface area (Å²) in [4.78, 5) is 16.4. The monoisotopic (exact) mass is 312 g/mol. The van der Waals surface area contributed by atoms with Crippen molar-refractivity contribution in [3.8, 4) is 0 Å². The van der Waals surface area contributed by atoms with Crippen molar-refractivity contribution in [2.24, 2.45) is 0 Å². The van der Waals surface area contributed by atoms with Crippen molar-refractivity contribution >= 4 is 39.0 Å². The zero-order valence-electron chi connectivity index (χ0n) is 12.1. The molecule has 0 saturated carbocycles. The highest BCUT2D eigenvalue weighted by Gasteiger charge is 2.06. The summed E-state index contributed by atoms with van der Waals surface area (Å²) in [7, 11) is 1.82. The van der Waals surface area contributed by atoms with E-state index < -0.39 is 0 Å². The van der Waals surface area contributed by atoms with Gasteiger partial charge in [0, 0.05) is 17.8 Å². The van der Waals surface area contributed by atoms with E-state index in [2.05, 4.69) is 20.9 Å². The van der Waals surface area contributed by atoms with Crippen LogP contribution in [-0.4, -0.2) is 18.1 Å². The average Bonchev–Trinajstić information content (AvgIpc) is 3.01. The predicted molar refractivity (Wildman–Crippen MR) is 91.5 cm³/mol. The van der Waals surface area contributed by atoms with Crippen LogP contribution in [0.2, 0.25) is 0 Å². The van der Waals surface area contributed by atoms with Crippen molar-refractivity contribution in [2.45, 2.75) is 6.54 Å². The number of urea groups is 1. The summed E-state index contributed by atoms with van der Waals surface area (Å²) in [6.45, 7) is 0.398. The SMILES string of the molecule is CNc1nc(CNC(=O)Nc2cccc3ccccc23)cs1. The van der Waals surface area contributed by atoms with Gasteiger partial charge in [-0.1, -0.05) is 36.4 Å². The standard InChI is InChI=1S/C16H16N4OS/c1-17-16-19-12(10-22-16)9-18-15(21)20-14-8-4-6-11-5-2-3-7-13(11)14/h2-8,10H,9H2,1H3,(H,17,19)(H2,18,20,21). The molecule has 22 heavy (non-hydrogen) atoms. The summed E-state index contributed by atoms with van der Waals surface area (Å²) in [6, 6.07) is 13.6. The minimum Gasteiger partial charge on any atom is -0.365 e. The van der Waals surface area contributed by atoms with Gasteiger partial charge < -0.3 is 16.0 Å². The van der Waals surface area contributed by atoms with Gasteiger partial charge in [-0.3, -0.25) is 0 Å². The summed E-state index contributed by atoms with van der Waals surface area (Å²) in [5.74, 6) is 0. The number of nitrogens with one attached hydrogen (secondary N) is 3. The molecule has 2 amide bonds. The van der Waals surface area contributed by atoms with E-state index in [1.54, 1.807) is 0 Å². The molecule has 3 N–H and O–H groups in total. The summed E-state index contributed by atoms with van der Waals surface area (Å²) < 4.78 is 0. The Morgan fingerprint density at radius 2 is 2.00 bits per heavy atom. The third-order valence-corrected chi connectivity index (χ3v) is 4.14. The molecule has 0 aliphatic rings. The van der Waals surface area contributed by atoms with E-state index in [9.17, 15) is 4.79 Å². The van der Waals surface area contributed by atoms with Crippen LogP contribution in [0.1, 0.15) is 5.69 Å². The van der Waals surface area contributed by atoms with E-state index in [-0.39, 0.29) is 6.03 Å². The molecule has 1 heterocycles. The van der Waals surface area contributed by atoms with Gasteiger partial charge in [0.2, 0.25) is 0 Å². The first-order valence-corrected chi connectivity index (χ1v) is 7.79. The lowest BCUT2D eigenvalue weighted by Crippen LogP contribution is -2.28. The summed E-state index contributed by atoms with van der Waals surface area (Å²) >= 11 is 1.51. The van der Waals surface area contributed by atoms with Crippen molar-refractivity contribution in [1.82, 2.24) is 10.3 Å². The topological polar surface area (TPSA) is 66.0 Å². The quantitative estimate of drug-likeness (QED) is 0.689. The molecule has 0 spiro atoms. The van der Waals surface area contributed by atoms with Gasteiger partial charge in [0.25, 0.3) is 0 Å². The molecule has 112 valence electrons. The van der Waals surface area contributed by atoms with E-state index in [1.165, 1.54) is 11.3 Å². The van der Waals surface area contributed by atoms with Crippen molar-refractivity contribution in [3.63, 3.8) is 0 Å². The molecule has 0 aliphatic carbocycles. The molecule has 3 aromatic rings. The fourth-order valence-electron chi connectivity index (χ4n) is 2.17. The summed E-state index contributed by atoms with van der Waals surface area (Å²) in [5.41, 5.74) is 1.63. The van der Waals surface area contributed by atoms with Crippen molar-refractivity contribution < 1.29 is 4.79 Å². The molecule has 1 aromatic heterocycles. The molecule has 6 heteroatoms. The zero-order valence-corrected chi connectivity index (χ0v) is 12.9. The molecule has 0 radical (unpaired) electrons. The molecule has 0 unspecified atom stereocenters. The van der Waals surface area contributed by atoms with Gasteiger partial charge in [-0.25, -0.2) is 9.78 Å². The minimum atomic E-state index is -0.240. The highest BCUT2D eigenvalue weighted by molar-refractivity contribution is 7.13. The number of carbonyl (C=O) groups excluding carboxylic acids is 1. The van der Waals surface area contributed by atoms with Crippen LogP contribution in [-0.2, 0) is 6.54 Å². The van der Waals surface area contributed by atoms with Gasteiger partial charge in [0.05, 0.1) is 17.9 Å². The van der Waals surface area contributed by atoms with Crippen LogP contribution in [0.5, 0.6) is 0 Å². The molecule has 0 aliphatic heterocycles. The Kier molecular flexibility index (Phi) is 4.20. The molecule has 3 rings (SSSR count). The second-order valence-corrected chi connectivity index (χ2v) is 5.59. The van der Waals surface area contributed by atoms with Crippen LogP contribution in [0.15, 0.2) is 47.8 Å². The lowest BCUT2D eigenvalue weighted by Gasteiger charge is -2.09. The first-order chi connectivity index (χ1) is 10.8. The number of nitrogens with zero attached hydrogens (tertiary/aromatic N) is 1. The first kappa shape index (κ1) is 14.3. The Labute approximate surface area is 132 Å². The molecular formula is C16H16N4OS.